The number of carbonyl (C=O) groups excluding carboxylic acids is 1. The van der Waals surface area contributed by atoms with Crippen molar-refractivity contribution in [1.29, 1.82) is 0 Å². The highest BCUT2D eigenvalue weighted by atomic mass is 16.5. The van der Waals surface area contributed by atoms with Gasteiger partial charge in [0, 0.05) is 19.6 Å². The second-order valence-electron chi connectivity index (χ2n) is 6.78. The van der Waals surface area contributed by atoms with E-state index < -0.39 is 0 Å². The fourth-order valence-corrected chi connectivity index (χ4v) is 2.80. The normalized spacial score (nSPS) is 14.3. The number of hydrogen-bond acceptors (Lipinski definition) is 5. The van der Waals surface area contributed by atoms with Crippen molar-refractivity contribution in [2.75, 3.05) is 43.1 Å². The Balaban J connectivity index is 1.69. The van der Waals surface area contributed by atoms with E-state index in [1.807, 2.05) is 24.3 Å². The SMILES string of the molecule is CC(C)CNC(=O)c1ccc(Nc2ccccc2N2CCOCC2)cn1. The summed E-state index contributed by atoms with van der Waals surface area (Å²) in [6.45, 7) is 8.02. The van der Waals surface area contributed by atoms with E-state index in [-0.39, 0.29) is 5.91 Å². The number of para-hydroxylation sites is 2. The molecule has 26 heavy (non-hydrogen) atoms. The van der Waals surface area contributed by atoms with E-state index in [9.17, 15) is 4.79 Å². The fraction of sp³-hybridized carbons (Fsp3) is 0.400. The van der Waals surface area contributed by atoms with E-state index in [0.29, 0.717) is 18.2 Å². The van der Waals surface area contributed by atoms with Gasteiger partial charge in [0.1, 0.15) is 5.69 Å². The molecule has 6 heteroatoms. The van der Waals surface area contributed by atoms with Crippen LogP contribution in [0, 0.1) is 5.92 Å². The number of hydrogen-bond donors (Lipinski definition) is 2. The van der Waals surface area contributed by atoms with Gasteiger partial charge in [0.2, 0.25) is 0 Å². The maximum atomic E-state index is 12.1. The van der Waals surface area contributed by atoms with Crippen LogP contribution in [0.4, 0.5) is 17.1 Å². The Morgan fingerprint density at radius 3 is 2.65 bits per heavy atom. The summed E-state index contributed by atoms with van der Waals surface area (Å²) in [4.78, 5) is 18.7. The lowest BCUT2D eigenvalue weighted by molar-refractivity contribution is 0.0944. The first kappa shape index (κ1) is 18.2. The van der Waals surface area contributed by atoms with Crippen LogP contribution < -0.4 is 15.5 Å². The molecule has 1 aliphatic rings. The highest BCUT2D eigenvalue weighted by Crippen LogP contribution is 2.29. The minimum Gasteiger partial charge on any atom is -0.378 e. The molecule has 1 fully saturated rings. The Hall–Kier alpha value is -2.60. The zero-order chi connectivity index (χ0) is 18.4. The first-order valence-corrected chi connectivity index (χ1v) is 9.06. The molecule has 6 nitrogen and oxygen atoms in total. The molecule has 0 radical (unpaired) electrons. The summed E-state index contributed by atoms with van der Waals surface area (Å²) in [6, 6.07) is 11.8. The molecular weight excluding hydrogens is 328 g/mol. The van der Waals surface area contributed by atoms with Gasteiger partial charge in [-0.05, 0) is 30.2 Å². The van der Waals surface area contributed by atoms with Gasteiger partial charge in [0.15, 0.2) is 0 Å². The number of carbonyl (C=O) groups is 1. The second-order valence-corrected chi connectivity index (χ2v) is 6.78. The molecule has 0 spiro atoms. The molecule has 1 aromatic heterocycles. The molecule has 2 aromatic rings. The van der Waals surface area contributed by atoms with E-state index in [2.05, 4.69) is 40.4 Å². The molecule has 1 aromatic carbocycles. The van der Waals surface area contributed by atoms with Crippen molar-refractivity contribution in [1.82, 2.24) is 10.3 Å². The molecule has 0 bridgehead atoms. The van der Waals surface area contributed by atoms with Crippen molar-refractivity contribution < 1.29 is 9.53 Å². The van der Waals surface area contributed by atoms with Gasteiger partial charge >= 0.3 is 0 Å². The lowest BCUT2D eigenvalue weighted by Gasteiger charge is -2.30. The number of nitrogens with one attached hydrogen (secondary N) is 2. The van der Waals surface area contributed by atoms with Crippen LogP contribution in [0.5, 0.6) is 0 Å². The molecule has 2 N–H and O–H groups in total. The summed E-state index contributed by atoms with van der Waals surface area (Å²) in [7, 11) is 0. The predicted octanol–water partition coefficient (Wildman–Crippen LogP) is 3.05. The number of aromatic nitrogens is 1. The summed E-state index contributed by atoms with van der Waals surface area (Å²) < 4.78 is 5.44. The third kappa shape index (κ3) is 4.73. The number of ether oxygens (including phenoxy) is 1. The smallest absolute Gasteiger partial charge is 0.269 e. The Morgan fingerprint density at radius 1 is 1.19 bits per heavy atom. The van der Waals surface area contributed by atoms with Gasteiger partial charge in [-0.3, -0.25) is 4.79 Å². The molecule has 0 saturated carbocycles. The van der Waals surface area contributed by atoms with Crippen LogP contribution in [-0.4, -0.2) is 43.7 Å². The molecule has 3 rings (SSSR count). The molecule has 1 saturated heterocycles. The minimum absolute atomic E-state index is 0.140. The number of rotatable bonds is 6. The molecule has 2 heterocycles. The molecular formula is C20H26N4O2. The molecule has 0 atom stereocenters. The van der Waals surface area contributed by atoms with E-state index in [1.165, 1.54) is 0 Å². The van der Waals surface area contributed by atoms with E-state index >= 15 is 0 Å². The number of pyridine rings is 1. The summed E-state index contributed by atoms with van der Waals surface area (Å²) >= 11 is 0. The van der Waals surface area contributed by atoms with Crippen LogP contribution in [0.1, 0.15) is 24.3 Å². The molecule has 1 amide bonds. The van der Waals surface area contributed by atoms with Crippen LogP contribution in [0.25, 0.3) is 0 Å². The molecule has 138 valence electrons. The lowest BCUT2D eigenvalue weighted by atomic mass is 10.2. The zero-order valence-electron chi connectivity index (χ0n) is 15.4. The van der Waals surface area contributed by atoms with Gasteiger partial charge in [0.25, 0.3) is 5.91 Å². The average molecular weight is 354 g/mol. The first-order chi connectivity index (χ1) is 12.6. The zero-order valence-corrected chi connectivity index (χ0v) is 15.4. The van der Waals surface area contributed by atoms with Crippen molar-refractivity contribution in [2.24, 2.45) is 5.92 Å². The third-order valence-corrected chi connectivity index (χ3v) is 4.20. The predicted molar refractivity (Wildman–Crippen MR) is 104 cm³/mol. The van der Waals surface area contributed by atoms with Gasteiger partial charge in [-0.25, -0.2) is 4.98 Å². The number of amides is 1. The molecule has 0 unspecified atom stereocenters. The van der Waals surface area contributed by atoms with Crippen molar-refractivity contribution in [2.45, 2.75) is 13.8 Å². The number of anilines is 3. The van der Waals surface area contributed by atoms with Crippen molar-refractivity contribution >= 4 is 23.0 Å². The van der Waals surface area contributed by atoms with Crippen LogP contribution >= 0.6 is 0 Å². The van der Waals surface area contributed by atoms with E-state index in [0.717, 1.165) is 43.4 Å². The number of benzene rings is 1. The first-order valence-electron chi connectivity index (χ1n) is 9.06. The van der Waals surface area contributed by atoms with Crippen LogP contribution in [0.3, 0.4) is 0 Å². The van der Waals surface area contributed by atoms with Gasteiger partial charge < -0.3 is 20.3 Å². The Bertz CT molecular complexity index is 725. The lowest BCUT2D eigenvalue weighted by Crippen LogP contribution is -2.36. The summed E-state index contributed by atoms with van der Waals surface area (Å²) in [5.41, 5.74) is 3.45. The maximum absolute atomic E-state index is 12.1. The second kappa shape index (κ2) is 8.67. The Kier molecular flexibility index (Phi) is 6.07. The van der Waals surface area contributed by atoms with Crippen LogP contribution in [0.15, 0.2) is 42.6 Å². The number of morpholine rings is 1. The van der Waals surface area contributed by atoms with Crippen LogP contribution in [0.2, 0.25) is 0 Å². The Labute approximate surface area is 154 Å². The topological polar surface area (TPSA) is 66.5 Å². The summed E-state index contributed by atoms with van der Waals surface area (Å²) in [5.74, 6) is 0.274. The van der Waals surface area contributed by atoms with E-state index in [1.54, 1.807) is 12.3 Å². The van der Waals surface area contributed by atoms with Crippen LogP contribution in [-0.2, 0) is 4.74 Å². The van der Waals surface area contributed by atoms with Crippen molar-refractivity contribution in [3.63, 3.8) is 0 Å². The maximum Gasteiger partial charge on any atom is 0.269 e. The van der Waals surface area contributed by atoms with Crippen molar-refractivity contribution in [3.8, 4) is 0 Å². The van der Waals surface area contributed by atoms with E-state index in [4.69, 9.17) is 4.74 Å². The monoisotopic (exact) mass is 354 g/mol. The van der Waals surface area contributed by atoms with Gasteiger partial charge in [0.05, 0.1) is 36.5 Å². The third-order valence-electron chi connectivity index (χ3n) is 4.20. The highest BCUT2D eigenvalue weighted by molar-refractivity contribution is 5.92. The van der Waals surface area contributed by atoms with Crippen molar-refractivity contribution in [3.05, 3.63) is 48.3 Å². The fourth-order valence-electron chi connectivity index (χ4n) is 2.80. The number of nitrogens with zero attached hydrogens (tertiary/aromatic N) is 2. The standard InChI is InChI=1S/C20H26N4O2/c1-15(2)13-22-20(25)18-8-7-16(14-21-18)23-17-5-3-4-6-19(17)24-9-11-26-12-10-24/h3-8,14-15,23H,9-13H2,1-2H3,(H,22,25). The highest BCUT2D eigenvalue weighted by Gasteiger charge is 2.15. The largest absolute Gasteiger partial charge is 0.378 e. The average Bonchev–Trinajstić information content (AvgIpc) is 2.68. The molecule has 0 aliphatic carbocycles. The summed E-state index contributed by atoms with van der Waals surface area (Å²) in [5, 5.41) is 6.29. The van der Waals surface area contributed by atoms with Gasteiger partial charge in [-0.15, -0.1) is 0 Å². The quantitative estimate of drug-likeness (QED) is 0.835. The Morgan fingerprint density at radius 2 is 1.96 bits per heavy atom. The molecule has 1 aliphatic heterocycles. The van der Waals surface area contributed by atoms with Gasteiger partial charge in [-0.2, -0.15) is 0 Å². The van der Waals surface area contributed by atoms with Gasteiger partial charge in [-0.1, -0.05) is 26.0 Å². The summed E-state index contributed by atoms with van der Waals surface area (Å²) in [6.07, 6.45) is 1.69. The minimum atomic E-state index is -0.140.